The Morgan fingerprint density at radius 1 is 0.833 bits per heavy atom. The van der Waals surface area contributed by atoms with E-state index in [9.17, 15) is 24.3 Å². The van der Waals surface area contributed by atoms with Crippen molar-refractivity contribution < 1.29 is 29.4 Å². The molecule has 0 aliphatic heterocycles. The molecule has 0 atom stereocenters. The summed E-state index contributed by atoms with van der Waals surface area (Å²) in [5.41, 5.74) is -0.114. The van der Waals surface area contributed by atoms with Gasteiger partial charge in [-0.2, -0.15) is 0 Å². The molecule has 0 fully saturated rings. The van der Waals surface area contributed by atoms with E-state index in [0.29, 0.717) is 11.3 Å². The number of carbonyl (C=O) groups is 4. The number of hydrogen-bond donors (Lipinski definition) is 3. The highest BCUT2D eigenvalue weighted by Crippen LogP contribution is 2.17. The first kappa shape index (κ1) is 16.9. The van der Waals surface area contributed by atoms with Crippen LogP contribution in [0, 0.1) is 0 Å². The maximum absolute atomic E-state index is 12.3. The zero-order valence-electron chi connectivity index (χ0n) is 12.6. The molecule has 2 aromatic carbocycles. The number of benzene rings is 2. The van der Waals surface area contributed by atoms with Crippen molar-refractivity contribution in [1.29, 1.82) is 0 Å². The first-order chi connectivity index (χ1) is 11.3. The van der Waals surface area contributed by atoms with Gasteiger partial charge >= 0.3 is 11.9 Å². The van der Waals surface area contributed by atoms with E-state index in [4.69, 9.17) is 5.11 Å². The van der Waals surface area contributed by atoms with E-state index in [1.165, 1.54) is 13.0 Å². The van der Waals surface area contributed by atoms with Gasteiger partial charge in [-0.25, -0.2) is 9.59 Å². The second kappa shape index (κ2) is 6.74. The number of amides is 1. The van der Waals surface area contributed by atoms with Crippen molar-refractivity contribution in [3.63, 3.8) is 0 Å². The Kier molecular flexibility index (Phi) is 4.74. The zero-order valence-corrected chi connectivity index (χ0v) is 12.6. The molecule has 7 nitrogen and oxygen atoms in total. The van der Waals surface area contributed by atoms with Crippen LogP contribution in [0.2, 0.25) is 0 Å². The van der Waals surface area contributed by atoms with Crippen LogP contribution in [0.3, 0.4) is 0 Å². The fraction of sp³-hybridized carbons (Fsp3) is 0.0588. The van der Waals surface area contributed by atoms with Gasteiger partial charge in [-0.05, 0) is 37.3 Å². The Labute approximate surface area is 136 Å². The van der Waals surface area contributed by atoms with Crippen molar-refractivity contribution in [2.75, 3.05) is 5.32 Å². The largest absolute Gasteiger partial charge is 0.478 e. The molecule has 122 valence electrons. The van der Waals surface area contributed by atoms with Crippen LogP contribution in [-0.2, 0) is 0 Å². The third-order valence-electron chi connectivity index (χ3n) is 3.27. The number of Topliss-reactive ketones (excluding diaryl/α,β-unsaturated/α-hetero) is 1. The summed E-state index contributed by atoms with van der Waals surface area (Å²) in [5.74, 6) is -3.60. The van der Waals surface area contributed by atoms with Crippen LogP contribution < -0.4 is 5.32 Å². The number of carboxylic acid groups (broad SMARTS) is 2. The summed E-state index contributed by atoms with van der Waals surface area (Å²) in [7, 11) is 0. The molecule has 0 spiro atoms. The van der Waals surface area contributed by atoms with Crippen LogP contribution in [0.15, 0.2) is 42.5 Å². The molecule has 7 heteroatoms. The standard InChI is InChI=1S/C17H13NO6/c1-9(19)10-3-2-4-12(7-10)18-15(20)13-6-5-11(16(21)22)8-14(13)17(23)24/h2-8H,1H3,(H,18,20)(H,21,22)(H,23,24). The van der Waals surface area contributed by atoms with Crippen molar-refractivity contribution in [3.8, 4) is 0 Å². The molecule has 0 saturated carbocycles. The lowest BCUT2D eigenvalue weighted by atomic mass is 10.0. The maximum Gasteiger partial charge on any atom is 0.336 e. The van der Waals surface area contributed by atoms with Crippen LogP contribution in [0.5, 0.6) is 0 Å². The van der Waals surface area contributed by atoms with Crippen LogP contribution >= 0.6 is 0 Å². The van der Waals surface area contributed by atoms with Crippen LogP contribution in [0.25, 0.3) is 0 Å². The summed E-state index contributed by atoms with van der Waals surface area (Å²) >= 11 is 0. The molecule has 0 bridgehead atoms. The normalized spacial score (nSPS) is 10.0. The van der Waals surface area contributed by atoms with E-state index in [1.54, 1.807) is 18.2 Å². The van der Waals surface area contributed by atoms with E-state index in [0.717, 1.165) is 18.2 Å². The summed E-state index contributed by atoms with van der Waals surface area (Å²) in [6, 6.07) is 9.39. The number of carbonyl (C=O) groups excluding carboxylic acids is 2. The van der Waals surface area contributed by atoms with Gasteiger partial charge in [0.05, 0.1) is 16.7 Å². The number of aromatic carboxylic acids is 2. The monoisotopic (exact) mass is 327 g/mol. The minimum atomic E-state index is -1.42. The molecular weight excluding hydrogens is 314 g/mol. The van der Waals surface area contributed by atoms with Gasteiger partial charge in [0.15, 0.2) is 5.78 Å². The predicted octanol–water partition coefficient (Wildman–Crippen LogP) is 2.54. The summed E-state index contributed by atoms with van der Waals surface area (Å²) in [4.78, 5) is 45.9. The predicted molar refractivity (Wildman–Crippen MR) is 84.8 cm³/mol. The first-order valence-electron chi connectivity index (χ1n) is 6.82. The zero-order chi connectivity index (χ0) is 17.9. The van der Waals surface area contributed by atoms with Gasteiger partial charge in [-0.15, -0.1) is 0 Å². The van der Waals surface area contributed by atoms with Gasteiger partial charge in [-0.1, -0.05) is 12.1 Å². The average molecular weight is 327 g/mol. The molecule has 24 heavy (non-hydrogen) atoms. The molecule has 0 unspecified atom stereocenters. The van der Waals surface area contributed by atoms with E-state index in [2.05, 4.69) is 5.32 Å². The van der Waals surface area contributed by atoms with Gasteiger partial charge in [-0.3, -0.25) is 9.59 Å². The SMILES string of the molecule is CC(=O)c1cccc(NC(=O)c2ccc(C(=O)O)cc2C(=O)O)c1. The highest BCUT2D eigenvalue weighted by atomic mass is 16.4. The Bertz CT molecular complexity index is 856. The van der Waals surface area contributed by atoms with Gasteiger partial charge in [0, 0.05) is 11.3 Å². The van der Waals surface area contributed by atoms with Crippen molar-refractivity contribution in [2.45, 2.75) is 6.92 Å². The highest BCUT2D eigenvalue weighted by molar-refractivity contribution is 6.11. The minimum absolute atomic E-state index is 0.178. The number of nitrogens with one attached hydrogen (secondary N) is 1. The molecule has 3 N–H and O–H groups in total. The number of hydrogen-bond acceptors (Lipinski definition) is 4. The molecule has 0 aromatic heterocycles. The quantitative estimate of drug-likeness (QED) is 0.726. The number of ketones is 1. The first-order valence-corrected chi connectivity index (χ1v) is 6.82. The van der Waals surface area contributed by atoms with E-state index in [-0.39, 0.29) is 16.9 Å². The fourth-order valence-electron chi connectivity index (χ4n) is 2.07. The molecule has 2 aromatic rings. The molecule has 0 saturated heterocycles. The third-order valence-corrected chi connectivity index (χ3v) is 3.27. The van der Waals surface area contributed by atoms with Gasteiger partial charge < -0.3 is 15.5 Å². The second-order valence-electron chi connectivity index (χ2n) is 4.96. The number of rotatable bonds is 5. The average Bonchev–Trinajstić information content (AvgIpc) is 2.54. The van der Waals surface area contributed by atoms with E-state index >= 15 is 0 Å². The van der Waals surface area contributed by atoms with E-state index < -0.39 is 23.4 Å². The summed E-state index contributed by atoms with van der Waals surface area (Å²) in [6.07, 6.45) is 0. The lowest BCUT2D eigenvalue weighted by Crippen LogP contribution is -2.17. The summed E-state index contributed by atoms with van der Waals surface area (Å²) < 4.78 is 0. The molecule has 2 rings (SSSR count). The summed E-state index contributed by atoms with van der Waals surface area (Å²) in [5, 5.41) is 20.6. The lowest BCUT2D eigenvalue weighted by Gasteiger charge is -2.09. The smallest absolute Gasteiger partial charge is 0.336 e. The van der Waals surface area contributed by atoms with Gasteiger partial charge in [0.1, 0.15) is 0 Å². The lowest BCUT2D eigenvalue weighted by molar-refractivity contribution is 0.0692. The Morgan fingerprint density at radius 2 is 1.54 bits per heavy atom. The molecule has 0 heterocycles. The fourth-order valence-corrected chi connectivity index (χ4v) is 2.07. The molecule has 0 radical (unpaired) electrons. The minimum Gasteiger partial charge on any atom is -0.478 e. The van der Waals surface area contributed by atoms with Gasteiger partial charge in [0.2, 0.25) is 0 Å². The Balaban J connectivity index is 2.36. The van der Waals surface area contributed by atoms with Crippen LogP contribution in [0.4, 0.5) is 5.69 Å². The Hall–Kier alpha value is -3.48. The van der Waals surface area contributed by atoms with Crippen molar-refractivity contribution in [3.05, 3.63) is 64.7 Å². The molecular formula is C17H13NO6. The molecule has 0 aliphatic rings. The van der Waals surface area contributed by atoms with Crippen molar-refractivity contribution in [2.24, 2.45) is 0 Å². The highest BCUT2D eigenvalue weighted by Gasteiger charge is 2.19. The number of carboxylic acids is 2. The van der Waals surface area contributed by atoms with Gasteiger partial charge in [0.25, 0.3) is 5.91 Å². The third kappa shape index (κ3) is 3.64. The Morgan fingerprint density at radius 3 is 2.12 bits per heavy atom. The van der Waals surface area contributed by atoms with E-state index in [1.807, 2.05) is 0 Å². The second-order valence-corrected chi connectivity index (χ2v) is 4.96. The molecule has 0 aliphatic carbocycles. The topological polar surface area (TPSA) is 121 Å². The van der Waals surface area contributed by atoms with Crippen LogP contribution in [-0.4, -0.2) is 33.8 Å². The molecule has 1 amide bonds. The van der Waals surface area contributed by atoms with Crippen molar-refractivity contribution >= 4 is 29.3 Å². The summed E-state index contributed by atoms with van der Waals surface area (Å²) in [6.45, 7) is 1.38. The van der Waals surface area contributed by atoms with Crippen LogP contribution in [0.1, 0.15) is 48.4 Å². The number of anilines is 1. The van der Waals surface area contributed by atoms with Crippen molar-refractivity contribution in [1.82, 2.24) is 0 Å². The maximum atomic E-state index is 12.3.